The molecule has 2 aromatic rings. The van der Waals surface area contributed by atoms with Crippen LogP contribution in [0, 0.1) is 5.92 Å². The monoisotopic (exact) mass is 277 g/mol. The number of anilines is 1. The minimum atomic E-state index is 0.243. The van der Waals surface area contributed by atoms with E-state index in [0.717, 1.165) is 6.42 Å². The third kappa shape index (κ3) is 3.92. The summed E-state index contributed by atoms with van der Waals surface area (Å²) in [6.45, 7) is 4.43. The lowest BCUT2D eigenvalue weighted by molar-refractivity contribution is 0.397. The minimum absolute atomic E-state index is 0.243. The summed E-state index contributed by atoms with van der Waals surface area (Å²) < 4.78 is 5.12. The number of ether oxygens (including phenoxy) is 1. The van der Waals surface area contributed by atoms with Gasteiger partial charge in [0, 0.05) is 17.1 Å². The van der Waals surface area contributed by atoms with Crippen LogP contribution in [0.3, 0.4) is 0 Å². The van der Waals surface area contributed by atoms with Gasteiger partial charge in [-0.05, 0) is 23.8 Å². The fourth-order valence-corrected chi connectivity index (χ4v) is 2.68. The normalized spacial score (nSPS) is 12.4. The molecule has 0 radical (unpaired) electrons. The molecule has 0 fully saturated rings. The molecule has 0 saturated carbocycles. The van der Waals surface area contributed by atoms with Crippen LogP contribution in [0.1, 0.15) is 31.2 Å². The van der Waals surface area contributed by atoms with E-state index < -0.39 is 0 Å². The zero-order chi connectivity index (χ0) is 13.7. The molecule has 2 aromatic heterocycles. The summed E-state index contributed by atoms with van der Waals surface area (Å²) in [5.41, 5.74) is 0. The van der Waals surface area contributed by atoms with Gasteiger partial charge >= 0.3 is 0 Å². The maximum absolute atomic E-state index is 5.12. The second-order valence-corrected chi connectivity index (χ2v) is 5.74. The number of hydrogen-bond acceptors (Lipinski definition) is 5. The molecule has 0 aliphatic rings. The van der Waals surface area contributed by atoms with E-state index >= 15 is 0 Å². The number of thiophene rings is 1. The van der Waals surface area contributed by atoms with Gasteiger partial charge in [-0.2, -0.15) is 4.98 Å². The summed E-state index contributed by atoms with van der Waals surface area (Å²) in [5.74, 6) is 1.79. The van der Waals surface area contributed by atoms with Crippen LogP contribution in [-0.2, 0) is 0 Å². The summed E-state index contributed by atoms with van der Waals surface area (Å²) in [4.78, 5) is 9.86. The highest BCUT2D eigenvalue weighted by atomic mass is 32.1. The lowest BCUT2D eigenvalue weighted by Crippen LogP contribution is -2.14. The van der Waals surface area contributed by atoms with Crippen LogP contribution in [0.2, 0.25) is 0 Å². The van der Waals surface area contributed by atoms with E-state index in [2.05, 4.69) is 46.6 Å². The molecule has 2 heterocycles. The van der Waals surface area contributed by atoms with Gasteiger partial charge in [-0.25, -0.2) is 4.98 Å². The van der Waals surface area contributed by atoms with Gasteiger partial charge in [-0.1, -0.05) is 19.9 Å². The summed E-state index contributed by atoms with van der Waals surface area (Å²) in [7, 11) is 1.61. The zero-order valence-corrected chi connectivity index (χ0v) is 12.3. The number of nitrogens with one attached hydrogen (secondary N) is 1. The van der Waals surface area contributed by atoms with Gasteiger partial charge in [-0.3, -0.25) is 0 Å². The van der Waals surface area contributed by atoms with Crippen LogP contribution < -0.4 is 10.1 Å². The first kappa shape index (κ1) is 13.8. The predicted octanol–water partition coefficient (Wildman–Crippen LogP) is 3.75. The number of methoxy groups -OCH3 is 1. The fraction of sp³-hybridized carbons (Fsp3) is 0.429. The minimum Gasteiger partial charge on any atom is -0.481 e. The molecule has 0 spiro atoms. The Morgan fingerprint density at radius 2 is 2.21 bits per heavy atom. The summed E-state index contributed by atoms with van der Waals surface area (Å²) in [6, 6.07) is 6.20. The number of hydrogen-bond donors (Lipinski definition) is 1. The molecule has 0 amide bonds. The van der Waals surface area contributed by atoms with Crippen molar-refractivity contribution < 1.29 is 4.74 Å². The van der Waals surface area contributed by atoms with Crippen molar-refractivity contribution in [2.24, 2.45) is 5.92 Å². The van der Waals surface area contributed by atoms with Crippen LogP contribution in [0.5, 0.6) is 5.88 Å². The van der Waals surface area contributed by atoms with Gasteiger partial charge in [0.2, 0.25) is 11.8 Å². The first-order valence-electron chi connectivity index (χ1n) is 6.36. The molecule has 1 unspecified atom stereocenters. The van der Waals surface area contributed by atoms with Crippen molar-refractivity contribution in [2.45, 2.75) is 26.3 Å². The van der Waals surface area contributed by atoms with E-state index in [1.807, 2.05) is 0 Å². The van der Waals surface area contributed by atoms with Crippen molar-refractivity contribution in [3.05, 3.63) is 34.7 Å². The third-order valence-corrected chi connectivity index (χ3v) is 3.72. The highest BCUT2D eigenvalue weighted by Crippen LogP contribution is 2.28. The van der Waals surface area contributed by atoms with Crippen molar-refractivity contribution >= 4 is 17.3 Å². The zero-order valence-electron chi connectivity index (χ0n) is 11.5. The molecule has 1 atom stereocenters. The van der Waals surface area contributed by atoms with Crippen LogP contribution in [0.4, 0.5) is 5.95 Å². The van der Waals surface area contributed by atoms with E-state index in [9.17, 15) is 0 Å². The number of rotatable bonds is 6. The largest absolute Gasteiger partial charge is 0.481 e. The van der Waals surface area contributed by atoms with Crippen molar-refractivity contribution in [1.82, 2.24) is 9.97 Å². The van der Waals surface area contributed by atoms with E-state index in [1.165, 1.54) is 4.88 Å². The molecular formula is C14H19N3OS. The molecule has 0 saturated heterocycles. The second kappa shape index (κ2) is 6.52. The predicted molar refractivity (Wildman–Crippen MR) is 78.7 cm³/mol. The SMILES string of the molecule is COc1ccnc(NC(CC(C)C)c2cccs2)n1. The van der Waals surface area contributed by atoms with Gasteiger partial charge in [0.1, 0.15) is 0 Å². The fourth-order valence-electron chi connectivity index (χ4n) is 1.89. The molecular weight excluding hydrogens is 258 g/mol. The maximum Gasteiger partial charge on any atom is 0.226 e. The molecule has 4 nitrogen and oxygen atoms in total. The highest BCUT2D eigenvalue weighted by molar-refractivity contribution is 7.10. The molecule has 0 aromatic carbocycles. The van der Waals surface area contributed by atoms with Crippen LogP contribution in [0.25, 0.3) is 0 Å². The van der Waals surface area contributed by atoms with E-state index in [0.29, 0.717) is 17.7 Å². The summed E-state index contributed by atoms with van der Waals surface area (Å²) in [5, 5.41) is 5.49. The Morgan fingerprint density at radius 1 is 1.37 bits per heavy atom. The van der Waals surface area contributed by atoms with E-state index in [1.54, 1.807) is 30.7 Å². The van der Waals surface area contributed by atoms with Gasteiger partial charge in [-0.15, -0.1) is 11.3 Å². The molecule has 102 valence electrons. The Kier molecular flexibility index (Phi) is 4.74. The molecule has 2 rings (SSSR count). The van der Waals surface area contributed by atoms with Gasteiger partial charge in [0.05, 0.1) is 13.2 Å². The smallest absolute Gasteiger partial charge is 0.226 e. The summed E-state index contributed by atoms with van der Waals surface area (Å²) in [6.07, 6.45) is 2.75. The van der Waals surface area contributed by atoms with Crippen molar-refractivity contribution in [1.29, 1.82) is 0 Å². The Hall–Kier alpha value is -1.62. The Balaban J connectivity index is 2.15. The maximum atomic E-state index is 5.12. The molecule has 0 aliphatic carbocycles. The first-order chi connectivity index (χ1) is 9.19. The van der Waals surface area contributed by atoms with Crippen LogP contribution >= 0.6 is 11.3 Å². The van der Waals surface area contributed by atoms with Crippen molar-refractivity contribution in [2.75, 3.05) is 12.4 Å². The molecule has 0 bridgehead atoms. The van der Waals surface area contributed by atoms with Crippen molar-refractivity contribution in [3.63, 3.8) is 0 Å². The standard InChI is InChI=1S/C14H19N3OS/c1-10(2)9-11(12-5-4-8-19-12)16-14-15-7-6-13(17-14)18-3/h4-8,10-11H,9H2,1-3H3,(H,15,16,17). The Bertz CT molecular complexity index is 499. The Morgan fingerprint density at radius 3 is 2.84 bits per heavy atom. The molecule has 0 aliphatic heterocycles. The molecule has 5 heteroatoms. The van der Waals surface area contributed by atoms with Gasteiger partial charge in [0.25, 0.3) is 0 Å². The average molecular weight is 277 g/mol. The number of nitrogens with zero attached hydrogens (tertiary/aromatic N) is 2. The van der Waals surface area contributed by atoms with E-state index in [-0.39, 0.29) is 6.04 Å². The molecule has 1 N–H and O–H groups in total. The second-order valence-electron chi connectivity index (χ2n) is 4.76. The van der Waals surface area contributed by atoms with Gasteiger partial charge in [0.15, 0.2) is 0 Å². The number of aromatic nitrogens is 2. The van der Waals surface area contributed by atoms with Crippen LogP contribution in [-0.4, -0.2) is 17.1 Å². The summed E-state index contributed by atoms with van der Waals surface area (Å²) >= 11 is 1.75. The third-order valence-electron chi connectivity index (χ3n) is 2.74. The average Bonchev–Trinajstić information content (AvgIpc) is 2.91. The molecule has 19 heavy (non-hydrogen) atoms. The quantitative estimate of drug-likeness (QED) is 0.873. The highest BCUT2D eigenvalue weighted by Gasteiger charge is 2.15. The van der Waals surface area contributed by atoms with Crippen molar-refractivity contribution in [3.8, 4) is 5.88 Å². The lowest BCUT2D eigenvalue weighted by atomic mass is 10.0. The Labute approximate surface area is 117 Å². The first-order valence-corrected chi connectivity index (χ1v) is 7.24. The lowest BCUT2D eigenvalue weighted by Gasteiger charge is -2.19. The van der Waals surface area contributed by atoms with Gasteiger partial charge < -0.3 is 10.1 Å². The van der Waals surface area contributed by atoms with Crippen LogP contribution in [0.15, 0.2) is 29.8 Å². The van der Waals surface area contributed by atoms with E-state index in [4.69, 9.17) is 4.74 Å². The topological polar surface area (TPSA) is 47.0 Å².